The van der Waals surface area contributed by atoms with Crippen molar-refractivity contribution in [1.29, 1.82) is 0 Å². The zero-order chi connectivity index (χ0) is 12.8. The maximum atomic E-state index is 6.17. The zero-order valence-electron chi connectivity index (χ0n) is 11.3. The van der Waals surface area contributed by atoms with Gasteiger partial charge >= 0.3 is 0 Å². The molecule has 102 valence electrons. The van der Waals surface area contributed by atoms with Crippen LogP contribution in [0.5, 0.6) is 0 Å². The topological polar surface area (TPSA) is 53.1 Å². The number of nitrogens with two attached hydrogens (primary N) is 1. The molecule has 4 heteroatoms. The molecule has 1 aliphatic rings. The van der Waals surface area contributed by atoms with Crippen molar-refractivity contribution >= 4 is 0 Å². The van der Waals surface area contributed by atoms with Gasteiger partial charge in [-0.1, -0.05) is 26.2 Å². The summed E-state index contributed by atoms with van der Waals surface area (Å²) in [6.07, 6.45) is 11.1. The lowest BCUT2D eigenvalue weighted by molar-refractivity contribution is 0.0164. The molecule has 2 unspecified atom stereocenters. The van der Waals surface area contributed by atoms with Crippen molar-refractivity contribution in [3.63, 3.8) is 0 Å². The first-order valence-corrected chi connectivity index (χ1v) is 7.17. The Morgan fingerprint density at radius 1 is 1.39 bits per heavy atom. The molecule has 18 heavy (non-hydrogen) atoms. The van der Waals surface area contributed by atoms with Crippen molar-refractivity contribution in [3.05, 3.63) is 18.2 Å². The average Bonchev–Trinajstić information content (AvgIpc) is 2.70. The minimum Gasteiger partial charge on any atom is -0.370 e. The molecule has 0 saturated heterocycles. The minimum absolute atomic E-state index is 0.204. The van der Waals surface area contributed by atoms with Gasteiger partial charge in [0, 0.05) is 12.6 Å². The molecule has 2 N–H and O–H groups in total. The first-order valence-electron chi connectivity index (χ1n) is 7.17. The Hall–Kier alpha value is -0.870. The van der Waals surface area contributed by atoms with E-state index >= 15 is 0 Å². The molecule has 2 rings (SSSR count). The highest BCUT2D eigenvalue weighted by Crippen LogP contribution is 2.20. The molecular formula is C14H25N3O. The van der Waals surface area contributed by atoms with Crippen LogP contribution in [-0.4, -0.2) is 21.7 Å². The number of rotatable bonds is 5. The summed E-state index contributed by atoms with van der Waals surface area (Å²) in [5.74, 6) is 0. The third-order valence-corrected chi connectivity index (χ3v) is 3.71. The van der Waals surface area contributed by atoms with Gasteiger partial charge in [-0.05, 0) is 19.3 Å². The summed E-state index contributed by atoms with van der Waals surface area (Å²) in [5.41, 5.74) is 7.33. The van der Waals surface area contributed by atoms with E-state index in [4.69, 9.17) is 10.5 Å². The maximum absolute atomic E-state index is 6.17. The van der Waals surface area contributed by atoms with Crippen molar-refractivity contribution in [2.75, 3.05) is 0 Å². The summed E-state index contributed by atoms with van der Waals surface area (Å²) in [6, 6.07) is 0.204. The number of imidazole rings is 1. The van der Waals surface area contributed by atoms with E-state index < -0.39 is 0 Å². The normalized spacial score (nSPS) is 25.0. The number of nitrogens with zero attached hydrogens (tertiary/aromatic N) is 2. The van der Waals surface area contributed by atoms with Gasteiger partial charge < -0.3 is 15.0 Å². The van der Waals surface area contributed by atoms with Crippen LogP contribution in [0.25, 0.3) is 0 Å². The van der Waals surface area contributed by atoms with Gasteiger partial charge in [0.25, 0.3) is 0 Å². The number of hydrogen-bond donors (Lipinski definition) is 1. The third kappa shape index (κ3) is 3.56. The van der Waals surface area contributed by atoms with E-state index in [9.17, 15) is 0 Å². The summed E-state index contributed by atoms with van der Waals surface area (Å²) in [7, 11) is 0. The maximum Gasteiger partial charge on any atom is 0.0948 e. The lowest BCUT2D eigenvalue weighted by Gasteiger charge is -2.22. The summed E-state index contributed by atoms with van der Waals surface area (Å²) in [4.78, 5) is 4.19. The Labute approximate surface area is 110 Å². The fourth-order valence-corrected chi connectivity index (χ4v) is 2.61. The highest BCUT2D eigenvalue weighted by molar-refractivity contribution is 4.96. The van der Waals surface area contributed by atoms with Crippen molar-refractivity contribution in [2.24, 2.45) is 5.73 Å². The Balaban J connectivity index is 1.87. The van der Waals surface area contributed by atoms with E-state index in [-0.39, 0.29) is 12.1 Å². The van der Waals surface area contributed by atoms with Gasteiger partial charge in [0.05, 0.1) is 30.9 Å². The minimum atomic E-state index is 0.204. The molecule has 0 aromatic carbocycles. The second-order valence-electron chi connectivity index (χ2n) is 5.23. The van der Waals surface area contributed by atoms with Crippen LogP contribution < -0.4 is 5.73 Å². The quantitative estimate of drug-likeness (QED) is 0.818. The van der Waals surface area contributed by atoms with Crippen LogP contribution in [0.4, 0.5) is 0 Å². The molecule has 1 aliphatic carbocycles. The molecular weight excluding hydrogens is 226 g/mol. The summed E-state index contributed by atoms with van der Waals surface area (Å²) < 4.78 is 8.19. The molecule has 1 aromatic rings. The third-order valence-electron chi connectivity index (χ3n) is 3.71. The Morgan fingerprint density at radius 3 is 3.06 bits per heavy atom. The Bertz CT molecular complexity index is 351. The summed E-state index contributed by atoms with van der Waals surface area (Å²) in [6.45, 7) is 3.82. The highest BCUT2D eigenvalue weighted by Gasteiger charge is 2.21. The van der Waals surface area contributed by atoms with Crippen molar-refractivity contribution < 1.29 is 4.74 Å². The summed E-state index contributed by atoms with van der Waals surface area (Å²) >= 11 is 0. The predicted molar refractivity (Wildman–Crippen MR) is 72.2 cm³/mol. The Kier molecular flexibility index (Phi) is 5.20. The molecule has 2 atom stereocenters. The predicted octanol–water partition coefficient (Wildman–Crippen LogP) is 2.47. The van der Waals surface area contributed by atoms with E-state index in [1.165, 1.54) is 19.3 Å². The Morgan fingerprint density at radius 2 is 2.22 bits per heavy atom. The van der Waals surface area contributed by atoms with Crippen molar-refractivity contribution in [1.82, 2.24) is 9.55 Å². The molecule has 1 saturated carbocycles. The van der Waals surface area contributed by atoms with Gasteiger partial charge in [-0.3, -0.25) is 0 Å². The molecule has 0 amide bonds. The van der Waals surface area contributed by atoms with Gasteiger partial charge in [0.15, 0.2) is 0 Å². The van der Waals surface area contributed by atoms with E-state index in [2.05, 4.69) is 16.5 Å². The smallest absolute Gasteiger partial charge is 0.0948 e. The zero-order valence-corrected chi connectivity index (χ0v) is 11.3. The van der Waals surface area contributed by atoms with E-state index in [1.54, 1.807) is 0 Å². The van der Waals surface area contributed by atoms with E-state index in [0.717, 1.165) is 31.5 Å². The lowest BCUT2D eigenvalue weighted by Crippen LogP contribution is -2.35. The second kappa shape index (κ2) is 6.90. The van der Waals surface area contributed by atoms with Gasteiger partial charge in [0.1, 0.15) is 0 Å². The van der Waals surface area contributed by atoms with E-state index in [1.807, 2.05) is 12.5 Å². The van der Waals surface area contributed by atoms with Gasteiger partial charge in [-0.15, -0.1) is 0 Å². The average molecular weight is 251 g/mol. The lowest BCUT2D eigenvalue weighted by atomic mass is 10.1. The van der Waals surface area contributed by atoms with Crippen LogP contribution in [-0.2, 0) is 17.9 Å². The second-order valence-corrected chi connectivity index (χ2v) is 5.23. The summed E-state index contributed by atoms with van der Waals surface area (Å²) in [5, 5.41) is 0. The van der Waals surface area contributed by atoms with Gasteiger partial charge in [-0.2, -0.15) is 0 Å². The fourth-order valence-electron chi connectivity index (χ4n) is 2.61. The molecule has 0 radical (unpaired) electrons. The van der Waals surface area contributed by atoms with E-state index in [0.29, 0.717) is 6.61 Å². The molecule has 4 nitrogen and oxygen atoms in total. The standard InChI is InChI=1S/C14H25N3O/c1-2-8-17-11-16-9-12(17)10-18-14-7-5-3-4-6-13(14)15/h9,11,13-14H,2-8,10,15H2,1H3. The largest absolute Gasteiger partial charge is 0.370 e. The first-order chi connectivity index (χ1) is 8.81. The number of aryl methyl sites for hydroxylation is 1. The van der Waals surface area contributed by atoms with Crippen molar-refractivity contribution in [3.8, 4) is 0 Å². The van der Waals surface area contributed by atoms with Crippen LogP contribution in [0, 0.1) is 0 Å². The highest BCUT2D eigenvalue weighted by atomic mass is 16.5. The fraction of sp³-hybridized carbons (Fsp3) is 0.786. The van der Waals surface area contributed by atoms with Crippen LogP contribution >= 0.6 is 0 Å². The van der Waals surface area contributed by atoms with Gasteiger partial charge in [0.2, 0.25) is 0 Å². The number of ether oxygens (including phenoxy) is 1. The molecule has 1 aromatic heterocycles. The van der Waals surface area contributed by atoms with Crippen LogP contribution in [0.15, 0.2) is 12.5 Å². The first kappa shape index (κ1) is 13.6. The molecule has 0 bridgehead atoms. The van der Waals surface area contributed by atoms with Crippen molar-refractivity contribution in [2.45, 2.75) is 70.7 Å². The molecule has 1 fully saturated rings. The molecule has 1 heterocycles. The monoisotopic (exact) mass is 251 g/mol. The van der Waals surface area contributed by atoms with Gasteiger partial charge in [-0.25, -0.2) is 4.98 Å². The SMILES string of the molecule is CCCn1cncc1COC1CCCCCC1N. The molecule has 0 aliphatic heterocycles. The number of aromatic nitrogens is 2. The van der Waals surface area contributed by atoms with Crippen LogP contribution in [0.3, 0.4) is 0 Å². The van der Waals surface area contributed by atoms with Crippen LogP contribution in [0.2, 0.25) is 0 Å². The molecule has 0 spiro atoms. The number of hydrogen-bond acceptors (Lipinski definition) is 3. The van der Waals surface area contributed by atoms with Crippen LogP contribution in [0.1, 0.15) is 51.1 Å².